The number of fused-ring (bicyclic) bond motifs is 1. The number of hydrogen-bond acceptors (Lipinski definition) is 1. The van der Waals surface area contributed by atoms with Crippen molar-refractivity contribution in [3.8, 4) is 0 Å². The van der Waals surface area contributed by atoms with Crippen molar-refractivity contribution in [2.24, 2.45) is 5.11 Å². The lowest BCUT2D eigenvalue weighted by Gasteiger charge is -2.04. The summed E-state index contributed by atoms with van der Waals surface area (Å²) in [4.78, 5) is 2.87. The molecular formula is C10H11N3. The summed E-state index contributed by atoms with van der Waals surface area (Å²) in [6, 6.07) is 6.27. The lowest BCUT2D eigenvalue weighted by atomic mass is 10.0. The Kier molecular flexibility index (Phi) is 1.95. The van der Waals surface area contributed by atoms with Crippen LogP contribution in [-0.2, 0) is 6.42 Å². The quantitative estimate of drug-likeness (QED) is 0.355. The Bertz CT molecular complexity index is 378. The van der Waals surface area contributed by atoms with Gasteiger partial charge in [0.2, 0.25) is 0 Å². The molecule has 0 aromatic heterocycles. The largest absolute Gasteiger partial charge is 0.0859 e. The van der Waals surface area contributed by atoms with E-state index in [0.717, 1.165) is 12.8 Å². The molecule has 0 fully saturated rings. The van der Waals surface area contributed by atoms with E-state index >= 15 is 0 Å². The van der Waals surface area contributed by atoms with Gasteiger partial charge in [-0.15, -0.1) is 0 Å². The van der Waals surface area contributed by atoms with Crippen molar-refractivity contribution in [1.29, 1.82) is 0 Å². The van der Waals surface area contributed by atoms with Crippen molar-refractivity contribution in [2.75, 3.05) is 0 Å². The van der Waals surface area contributed by atoms with Crippen molar-refractivity contribution in [1.82, 2.24) is 0 Å². The van der Waals surface area contributed by atoms with Gasteiger partial charge in [0.15, 0.2) is 0 Å². The van der Waals surface area contributed by atoms with Gasteiger partial charge in [0.1, 0.15) is 0 Å². The molecule has 3 nitrogen and oxygen atoms in total. The standard InChI is InChI=1S/C10H11N3/c1-7-3-2-4-9-8(7)5-6-10(9)12-13-11/h2-4,10H,5-6H2,1H3. The van der Waals surface area contributed by atoms with Crippen molar-refractivity contribution >= 4 is 0 Å². The molecular weight excluding hydrogens is 162 g/mol. The second-order valence-corrected chi connectivity index (χ2v) is 3.40. The van der Waals surface area contributed by atoms with E-state index in [2.05, 4.69) is 29.1 Å². The molecule has 1 aromatic carbocycles. The minimum Gasteiger partial charge on any atom is -0.0859 e. The molecule has 0 spiro atoms. The van der Waals surface area contributed by atoms with Gasteiger partial charge in [0, 0.05) is 4.91 Å². The Morgan fingerprint density at radius 2 is 2.38 bits per heavy atom. The second kappa shape index (κ2) is 3.11. The Balaban J connectivity index is 2.48. The van der Waals surface area contributed by atoms with Crippen molar-refractivity contribution in [2.45, 2.75) is 25.8 Å². The molecule has 0 heterocycles. The SMILES string of the molecule is Cc1cccc2c1CCC2N=[N+]=[N-]. The number of nitrogens with zero attached hydrogens (tertiary/aromatic N) is 3. The molecule has 0 saturated carbocycles. The zero-order valence-electron chi connectivity index (χ0n) is 7.57. The molecule has 0 amide bonds. The highest BCUT2D eigenvalue weighted by atomic mass is 15.1. The van der Waals surface area contributed by atoms with Gasteiger partial charge in [-0.05, 0) is 42.0 Å². The average Bonchev–Trinajstić information content (AvgIpc) is 2.51. The van der Waals surface area contributed by atoms with Crippen LogP contribution in [0.4, 0.5) is 0 Å². The maximum Gasteiger partial charge on any atom is 0.0631 e. The van der Waals surface area contributed by atoms with Crippen LogP contribution in [0.3, 0.4) is 0 Å². The van der Waals surface area contributed by atoms with Gasteiger partial charge >= 0.3 is 0 Å². The van der Waals surface area contributed by atoms with E-state index in [-0.39, 0.29) is 6.04 Å². The van der Waals surface area contributed by atoms with Crippen molar-refractivity contribution in [3.63, 3.8) is 0 Å². The van der Waals surface area contributed by atoms with Crippen LogP contribution in [0.25, 0.3) is 10.4 Å². The summed E-state index contributed by atoms with van der Waals surface area (Å²) in [5.74, 6) is 0. The summed E-state index contributed by atoms with van der Waals surface area (Å²) in [5, 5.41) is 3.79. The van der Waals surface area contributed by atoms with E-state index in [0.29, 0.717) is 0 Å². The van der Waals surface area contributed by atoms with Crippen LogP contribution in [0.2, 0.25) is 0 Å². The molecule has 0 radical (unpaired) electrons. The first-order chi connectivity index (χ1) is 6.33. The topological polar surface area (TPSA) is 48.8 Å². The van der Waals surface area contributed by atoms with E-state index in [4.69, 9.17) is 5.53 Å². The summed E-state index contributed by atoms with van der Waals surface area (Å²) < 4.78 is 0. The first-order valence-corrected chi connectivity index (χ1v) is 4.45. The lowest BCUT2D eigenvalue weighted by molar-refractivity contribution is 0.707. The Labute approximate surface area is 77.0 Å². The van der Waals surface area contributed by atoms with Gasteiger partial charge in [-0.2, -0.15) is 0 Å². The summed E-state index contributed by atoms with van der Waals surface area (Å²) in [7, 11) is 0. The zero-order chi connectivity index (χ0) is 9.26. The van der Waals surface area contributed by atoms with Crippen molar-refractivity contribution in [3.05, 3.63) is 45.3 Å². The molecule has 0 saturated heterocycles. The van der Waals surface area contributed by atoms with Gasteiger partial charge in [0.25, 0.3) is 0 Å². The predicted octanol–water partition coefficient (Wildman–Crippen LogP) is 3.29. The molecule has 1 unspecified atom stereocenters. The molecule has 1 aliphatic rings. The summed E-state index contributed by atoms with van der Waals surface area (Å²) in [6.45, 7) is 2.11. The molecule has 1 aliphatic carbocycles. The summed E-state index contributed by atoms with van der Waals surface area (Å²) in [6.07, 6.45) is 2.01. The fraction of sp³-hybridized carbons (Fsp3) is 0.400. The molecule has 1 aromatic rings. The van der Waals surface area contributed by atoms with Gasteiger partial charge in [0.05, 0.1) is 6.04 Å². The summed E-state index contributed by atoms with van der Waals surface area (Å²) in [5.41, 5.74) is 12.3. The third kappa shape index (κ3) is 1.27. The molecule has 0 aliphatic heterocycles. The van der Waals surface area contributed by atoms with Gasteiger partial charge < -0.3 is 0 Å². The van der Waals surface area contributed by atoms with E-state index in [9.17, 15) is 0 Å². The number of aryl methyl sites for hydroxylation is 1. The highest BCUT2D eigenvalue weighted by Gasteiger charge is 2.21. The minimum absolute atomic E-state index is 0.0694. The number of azide groups is 1. The van der Waals surface area contributed by atoms with Crippen LogP contribution in [0, 0.1) is 6.92 Å². The van der Waals surface area contributed by atoms with E-state index in [1.54, 1.807) is 0 Å². The van der Waals surface area contributed by atoms with Gasteiger partial charge in [-0.3, -0.25) is 0 Å². The Morgan fingerprint density at radius 1 is 1.54 bits per heavy atom. The maximum atomic E-state index is 8.38. The highest BCUT2D eigenvalue weighted by Crippen LogP contribution is 2.35. The fourth-order valence-corrected chi connectivity index (χ4v) is 2.00. The Hall–Kier alpha value is -1.47. The summed E-state index contributed by atoms with van der Waals surface area (Å²) >= 11 is 0. The van der Waals surface area contributed by atoms with Crippen LogP contribution < -0.4 is 0 Å². The predicted molar refractivity (Wildman–Crippen MR) is 51.4 cm³/mol. The fourth-order valence-electron chi connectivity index (χ4n) is 2.00. The van der Waals surface area contributed by atoms with Gasteiger partial charge in [-0.1, -0.05) is 23.3 Å². The van der Waals surface area contributed by atoms with Crippen LogP contribution in [-0.4, -0.2) is 0 Å². The Morgan fingerprint density at radius 3 is 3.15 bits per heavy atom. The van der Waals surface area contributed by atoms with Gasteiger partial charge in [-0.25, -0.2) is 0 Å². The smallest absolute Gasteiger partial charge is 0.0631 e. The highest BCUT2D eigenvalue weighted by molar-refractivity contribution is 5.40. The third-order valence-corrected chi connectivity index (χ3v) is 2.66. The molecule has 13 heavy (non-hydrogen) atoms. The molecule has 0 N–H and O–H groups in total. The second-order valence-electron chi connectivity index (χ2n) is 3.40. The number of rotatable bonds is 1. The first-order valence-electron chi connectivity index (χ1n) is 4.45. The zero-order valence-corrected chi connectivity index (χ0v) is 7.57. The average molecular weight is 173 g/mol. The number of hydrogen-bond donors (Lipinski definition) is 0. The molecule has 2 rings (SSSR count). The molecule has 3 heteroatoms. The first kappa shape index (κ1) is 8.14. The maximum absolute atomic E-state index is 8.38. The molecule has 66 valence electrons. The number of benzene rings is 1. The minimum atomic E-state index is 0.0694. The van der Waals surface area contributed by atoms with Crippen LogP contribution in [0.15, 0.2) is 23.3 Å². The molecule has 1 atom stereocenters. The van der Waals surface area contributed by atoms with E-state index in [1.807, 2.05) is 6.07 Å². The van der Waals surface area contributed by atoms with E-state index in [1.165, 1.54) is 16.7 Å². The van der Waals surface area contributed by atoms with Crippen LogP contribution in [0.1, 0.15) is 29.2 Å². The van der Waals surface area contributed by atoms with Crippen molar-refractivity contribution < 1.29 is 0 Å². The lowest BCUT2D eigenvalue weighted by Crippen LogP contribution is -1.88. The monoisotopic (exact) mass is 173 g/mol. The third-order valence-electron chi connectivity index (χ3n) is 2.66. The molecule has 0 bridgehead atoms. The van der Waals surface area contributed by atoms with Crippen LogP contribution >= 0.6 is 0 Å². The van der Waals surface area contributed by atoms with E-state index < -0.39 is 0 Å². The van der Waals surface area contributed by atoms with Crippen LogP contribution in [0.5, 0.6) is 0 Å². The normalized spacial score (nSPS) is 19.3.